The van der Waals surface area contributed by atoms with E-state index in [-0.39, 0.29) is 11.2 Å². The van der Waals surface area contributed by atoms with Crippen molar-refractivity contribution in [3.63, 3.8) is 0 Å². The van der Waals surface area contributed by atoms with Gasteiger partial charge in [-0.1, -0.05) is 41.6 Å². The molecule has 7 nitrogen and oxygen atoms in total. The van der Waals surface area contributed by atoms with E-state index in [0.29, 0.717) is 34.7 Å². The summed E-state index contributed by atoms with van der Waals surface area (Å²) in [5.41, 5.74) is 2.95. The number of hydrogen-bond acceptors (Lipinski definition) is 7. The fraction of sp³-hybridized carbons (Fsp3) is 0.286. The van der Waals surface area contributed by atoms with E-state index in [0.717, 1.165) is 16.7 Å². The van der Waals surface area contributed by atoms with Gasteiger partial charge in [-0.2, -0.15) is 4.68 Å². The van der Waals surface area contributed by atoms with Crippen LogP contribution in [0.2, 0.25) is 0 Å². The van der Waals surface area contributed by atoms with Gasteiger partial charge in [0.2, 0.25) is 5.75 Å². The number of carbonyl (C=O) groups is 1. The molecule has 8 heteroatoms. The third-order valence-corrected chi connectivity index (χ3v) is 5.99. The Kier molecular flexibility index (Phi) is 5.19. The first-order valence-electron chi connectivity index (χ1n) is 9.08. The van der Waals surface area contributed by atoms with Crippen LogP contribution >= 0.6 is 11.8 Å². The van der Waals surface area contributed by atoms with Crippen LogP contribution in [-0.2, 0) is 0 Å². The highest BCUT2D eigenvalue weighted by atomic mass is 32.2. The number of thioether (sulfide) groups is 1. The van der Waals surface area contributed by atoms with Gasteiger partial charge in [0.25, 0.3) is 5.91 Å². The number of methoxy groups -OCH3 is 3. The summed E-state index contributed by atoms with van der Waals surface area (Å²) in [5.74, 6) is 2.09. The highest BCUT2D eigenvalue weighted by Crippen LogP contribution is 2.46. The van der Waals surface area contributed by atoms with E-state index in [4.69, 9.17) is 14.2 Å². The number of ether oxygens (including phenoxy) is 3. The van der Waals surface area contributed by atoms with E-state index < -0.39 is 0 Å². The first-order valence-corrected chi connectivity index (χ1v) is 9.96. The van der Waals surface area contributed by atoms with Crippen LogP contribution in [0.5, 0.6) is 17.2 Å². The van der Waals surface area contributed by atoms with Crippen molar-refractivity contribution in [3.05, 3.63) is 47.5 Å². The molecule has 0 radical (unpaired) electrons. The van der Waals surface area contributed by atoms with Crippen LogP contribution in [0, 0.1) is 6.92 Å². The summed E-state index contributed by atoms with van der Waals surface area (Å²) < 4.78 is 17.7. The smallest absolute Gasteiger partial charge is 0.250 e. The van der Waals surface area contributed by atoms with Crippen LogP contribution in [0.15, 0.2) is 41.6 Å². The highest BCUT2D eigenvalue weighted by molar-refractivity contribution is 7.99. The molecule has 1 aliphatic rings. The predicted octanol–water partition coefficient (Wildman–Crippen LogP) is 4.16. The molecule has 150 valence electrons. The lowest BCUT2D eigenvalue weighted by Gasteiger charge is -2.22. The molecule has 1 aromatic heterocycles. The van der Waals surface area contributed by atoms with Gasteiger partial charge < -0.3 is 14.2 Å². The summed E-state index contributed by atoms with van der Waals surface area (Å²) in [6, 6.07) is 11.7. The van der Waals surface area contributed by atoms with E-state index in [9.17, 15) is 4.79 Å². The number of nitrogens with zero attached hydrogens (tertiary/aromatic N) is 3. The number of aromatic nitrogens is 3. The van der Waals surface area contributed by atoms with Gasteiger partial charge in [-0.15, -0.1) is 5.10 Å². The Bertz CT molecular complexity index is 1040. The maximum absolute atomic E-state index is 12.8. The fourth-order valence-corrected chi connectivity index (χ4v) is 4.38. The Morgan fingerprint density at radius 3 is 2.28 bits per heavy atom. The van der Waals surface area contributed by atoms with Crippen LogP contribution in [0.1, 0.15) is 27.6 Å². The lowest BCUT2D eigenvalue weighted by molar-refractivity contribution is 0.0868. The quantitative estimate of drug-likeness (QED) is 0.624. The zero-order valence-electron chi connectivity index (χ0n) is 16.6. The second-order valence-corrected chi connectivity index (χ2v) is 7.83. The second-order valence-electron chi connectivity index (χ2n) is 6.66. The molecular formula is C21H21N3O4S. The maximum atomic E-state index is 12.8. The van der Waals surface area contributed by atoms with Gasteiger partial charge in [0, 0.05) is 17.2 Å². The molecular weight excluding hydrogens is 390 g/mol. The number of hydrogen-bond donors (Lipinski definition) is 0. The van der Waals surface area contributed by atoms with E-state index in [1.54, 1.807) is 21.3 Å². The van der Waals surface area contributed by atoms with E-state index in [1.807, 2.05) is 43.3 Å². The summed E-state index contributed by atoms with van der Waals surface area (Å²) >= 11 is 1.50. The molecule has 29 heavy (non-hydrogen) atoms. The Labute approximate surface area is 173 Å². The summed E-state index contributed by atoms with van der Waals surface area (Å²) in [7, 11) is 4.71. The molecule has 1 aliphatic heterocycles. The lowest BCUT2D eigenvalue weighted by Crippen LogP contribution is -2.21. The Balaban J connectivity index is 1.69. The minimum absolute atomic E-state index is 0.0941. The SMILES string of the molecule is COc1cc([C@@H]2CC(=O)n3nc(-c4ccc(C)cc4)nc3S2)cc(OC)c1OC. The number of rotatable bonds is 5. The minimum atomic E-state index is -0.126. The molecule has 0 N–H and O–H groups in total. The first-order chi connectivity index (χ1) is 14.0. The van der Waals surface area contributed by atoms with Crippen molar-refractivity contribution >= 4 is 17.7 Å². The average molecular weight is 411 g/mol. The third kappa shape index (κ3) is 3.55. The molecule has 0 amide bonds. The average Bonchev–Trinajstić information content (AvgIpc) is 3.18. The molecule has 0 saturated heterocycles. The van der Waals surface area contributed by atoms with E-state index >= 15 is 0 Å². The maximum Gasteiger partial charge on any atom is 0.250 e. The van der Waals surface area contributed by atoms with Crippen molar-refractivity contribution in [2.45, 2.75) is 23.8 Å². The molecule has 2 aromatic carbocycles. The zero-order valence-corrected chi connectivity index (χ0v) is 17.4. The summed E-state index contributed by atoms with van der Waals surface area (Å²) in [6.07, 6.45) is 0.299. The molecule has 4 rings (SSSR count). The number of benzene rings is 2. The molecule has 0 fully saturated rings. The standard InChI is InChI=1S/C21H21N3O4S/c1-12-5-7-13(8-6-12)20-22-21-24(23-20)18(25)11-17(29-21)14-9-15(26-2)19(28-4)16(10-14)27-3/h5-10,17H,11H2,1-4H3/t17-/m0/s1. The molecule has 1 atom stereocenters. The zero-order chi connectivity index (χ0) is 20.5. The van der Waals surface area contributed by atoms with Gasteiger partial charge >= 0.3 is 0 Å². The van der Waals surface area contributed by atoms with Crippen molar-refractivity contribution in [2.24, 2.45) is 0 Å². The molecule has 0 aliphatic carbocycles. The largest absolute Gasteiger partial charge is 0.493 e. The topological polar surface area (TPSA) is 75.5 Å². The number of fused-ring (bicyclic) bond motifs is 1. The van der Waals surface area contributed by atoms with Gasteiger partial charge in [-0.05, 0) is 24.6 Å². The van der Waals surface area contributed by atoms with Gasteiger partial charge in [-0.3, -0.25) is 4.79 Å². The van der Waals surface area contributed by atoms with Gasteiger partial charge in [0.1, 0.15) is 0 Å². The Morgan fingerprint density at radius 1 is 1.03 bits per heavy atom. The van der Waals surface area contributed by atoms with E-state index in [1.165, 1.54) is 16.4 Å². The third-order valence-electron chi connectivity index (χ3n) is 4.79. The normalized spacial score (nSPS) is 15.7. The summed E-state index contributed by atoms with van der Waals surface area (Å²) in [6.45, 7) is 2.02. The van der Waals surface area contributed by atoms with Crippen molar-refractivity contribution in [1.29, 1.82) is 0 Å². The monoisotopic (exact) mass is 411 g/mol. The number of aryl methyl sites for hydroxylation is 1. The van der Waals surface area contributed by atoms with Gasteiger partial charge in [0.15, 0.2) is 22.5 Å². The van der Waals surface area contributed by atoms with Crippen LogP contribution in [0.4, 0.5) is 0 Å². The summed E-state index contributed by atoms with van der Waals surface area (Å²) in [5, 5.41) is 4.87. The van der Waals surface area contributed by atoms with E-state index in [2.05, 4.69) is 10.1 Å². The molecule has 0 spiro atoms. The van der Waals surface area contributed by atoms with Crippen LogP contribution < -0.4 is 14.2 Å². The fourth-order valence-electron chi connectivity index (χ4n) is 3.25. The predicted molar refractivity (Wildman–Crippen MR) is 110 cm³/mol. The summed E-state index contributed by atoms with van der Waals surface area (Å²) in [4.78, 5) is 17.4. The molecule has 0 saturated carbocycles. The van der Waals surface area contributed by atoms with Crippen LogP contribution in [0.25, 0.3) is 11.4 Å². The molecule has 3 aromatic rings. The van der Waals surface area contributed by atoms with Crippen molar-refractivity contribution in [2.75, 3.05) is 21.3 Å². The Hall–Kier alpha value is -3.00. The van der Waals surface area contributed by atoms with Crippen molar-refractivity contribution in [3.8, 4) is 28.6 Å². The highest BCUT2D eigenvalue weighted by Gasteiger charge is 2.31. The van der Waals surface area contributed by atoms with Gasteiger partial charge in [-0.25, -0.2) is 4.98 Å². The van der Waals surface area contributed by atoms with Crippen molar-refractivity contribution in [1.82, 2.24) is 14.8 Å². The van der Waals surface area contributed by atoms with Crippen LogP contribution in [0.3, 0.4) is 0 Å². The van der Waals surface area contributed by atoms with Crippen molar-refractivity contribution < 1.29 is 19.0 Å². The molecule has 2 heterocycles. The van der Waals surface area contributed by atoms with Gasteiger partial charge in [0.05, 0.1) is 21.3 Å². The minimum Gasteiger partial charge on any atom is -0.493 e. The lowest BCUT2D eigenvalue weighted by atomic mass is 10.1. The first kappa shape index (κ1) is 19.3. The molecule has 0 unspecified atom stereocenters. The number of carbonyl (C=O) groups excluding carboxylic acids is 1. The van der Waals surface area contributed by atoms with Crippen LogP contribution in [-0.4, -0.2) is 42.0 Å². The molecule has 0 bridgehead atoms. The second kappa shape index (κ2) is 7.79. The Morgan fingerprint density at radius 2 is 1.69 bits per heavy atom.